The number of amides is 2. The Bertz CT molecular complexity index is 283. The summed E-state index contributed by atoms with van der Waals surface area (Å²) in [5.41, 5.74) is 0. The second kappa shape index (κ2) is 6.00. The number of hydrogen-bond acceptors (Lipinski definition) is 3. The quantitative estimate of drug-likeness (QED) is 0.635. The summed E-state index contributed by atoms with van der Waals surface area (Å²) in [7, 11) is 0. The summed E-state index contributed by atoms with van der Waals surface area (Å²) >= 11 is 0. The smallest absolute Gasteiger partial charge is 0.234 e. The van der Waals surface area contributed by atoms with E-state index in [1.165, 1.54) is 0 Å². The van der Waals surface area contributed by atoms with Crippen LogP contribution in [0.3, 0.4) is 0 Å². The van der Waals surface area contributed by atoms with E-state index in [2.05, 4.69) is 10.6 Å². The van der Waals surface area contributed by atoms with Gasteiger partial charge < -0.3 is 15.5 Å². The number of hydrogen-bond donors (Lipinski definition) is 2. The molecule has 0 spiro atoms. The fourth-order valence-corrected chi connectivity index (χ4v) is 2.03. The summed E-state index contributed by atoms with van der Waals surface area (Å²) in [6, 6.07) is 0.413. The molecule has 96 valence electrons. The molecule has 0 aromatic carbocycles. The van der Waals surface area contributed by atoms with E-state index < -0.39 is 0 Å². The van der Waals surface area contributed by atoms with Crippen molar-refractivity contribution in [2.45, 2.75) is 38.1 Å². The minimum Gasteiger partial charge on any atom is -0.352 e. The molecular weight excluding hydrogens is 218 g/mol. The van der Waals surface area contributed by atoms with E-state index in [0.717, 1.165) is 38.8 Å². The van der Waals surface area contributed by atoms with E-state index in [-0.39, 0.29) is 11.8 Å². The van der Waals surface area contributed by atoms with E-state index in [1.807, 2.05) is 4.90 Å². The lowest BCUT2D eigenvalue weighted by Gasteiger charge is -2.15. The van der Waals surface area contributed by atoms with Crippen LogP contribution in [0.4, 0.5) is 0 Å². The third-order valence-electron chi connectivity index (χ3n) is 3.20. The van der Waals surface area contributed by atoms with Crippen LogP contribution in [0.25, 0.3) is 0 Å². The minimum atomic E-state index is 0.0427. The first kappa shape index (κ1) is 12.4. The van der Waals surface area contributed by atoms with Gasteiger partial charge in [-0.25, -0.2) is 0 Å². The van der Waals surface area contributed by atoms with E-state index in [0.29, 0.717) is 25.6 Å². The molecule has 5 heteroatoms. The van der Waals surface area contributed by atoms with Crippen LogP contribution in [0.5, 0.6) is 0 Å². The number of carbonyl (C=O) groups is 2. The van der Waals surface area contributed by atoms with Crippen molar-refractivity contribution in [1.82, 2.24) is 15.5 Å². The third-order valence-corrected chi connectivity index (χ3v) is 3.20. The maximum absolute atomic E-state index is 11.7. The molecule has 0 atom stereocenters. The topological polar surface area (TPSA) is 61.4 Å². The Morgan fingerprint density at radius 2 is 1.88 bits per heavy atom. The van der Waals surface area contributed by atoms with Gasteiger partial charge in [-0.05, 0) is 25.7 Å². The standard InChI is InChI=1S/C12H21N3O2/c16-11(14-10-3-4-10)9-13-6-5-12(17)15-7-1-2-8-15/h10,13H,1-9H2,(H,14,16). The summed E-state index contributed by atoms with van der Waals surface area (Å²) in [6.07, 6.45) is 4.97. The van der Waals surface area contributed by atoms with Gasteiger partial charge in [-0.2, -0.15) is 0 Å². The predicted molar refractivity (Wildman–Crippen MR) is 64.5 cm³/mol. The average Bonchev–Trinajstić information content (AvgIpc) is 2.96. The summed E-state index contributed by atoms with van der Waals surface area (Å²) in [4.78, 5) is 24.9. The van der Waals surface area contributed by atoms with Crippen LogP contribution >= 0.6 is 0 Å². The molecule has 0 bridgehead atoms. The van der Waals surface area contributed by atoms with Gasteiger partial charge in [0.25, 0.3) is 0 Å². The highest BCUT2D eigenvalue weighted by Gasteiger charge is 2.22. The second-order valence-corrected chi connectivity index (χ2v) is 4.86. The van der Waals surface area contributed by atoms with Gasteiger partial charge in [0.2, 0.25) is 11.8 Å². The van der Waals surface area contributed by atoms with Crippen LogP contribution in [0.15, 0.2) is 0 Å². The molecule has 17 heavy (non-hydrogen) atoms. The lowest BCUT2D eigenvalue weighted by Crippen LogP contribution is -2.37. The zero-order valence-electron chi connectivity index (χ0n) is 10.2. The molecule has 2 amide bonds. The molecule has 2 aliphatic rings. The number of likely N-dealkylation sites (tertiary alicyclic amines) is 1. The van der Waals surface area contributed by atoms with E-state index in [9.17, 15) is 9.59 Å². The van der Waals surface area contributed by atoms with Crippen molar-refractivity contribution in [2.24, 2.45) is 0 Å². The molecule has 1 aliphatic heterocycles. The van der Waals surface area contributed by atoms with Crippen molar-refractivity contribution in [3.8, 4) is 0 Å². The van der Waals surface area contributed by atoms with Crippen LogP contribution < -0.4 is 10.6 Å². The highest BCUT2D eigenvalue weighted by atomic mass is 16.2. The Morgan fingerprint density at radius 3 is 2.53 bits per heavy atom. The van der Waals surface area contributed by atoms with Crippen molar-refractivity contribution in [2.75, 3.05) is 26.2 Å². The molecule has 0 aromatic heterocycles. The molecule has 1 heterocycles. The van der Waals surface area contributed by atoms with Crippen LogP contribution in [0.1, 0.15) is 32.1 Å². The average molecular weight is 239 g/mol. The molecule has 0 unspecified atom stereocenters. The Morgan fingerprint density at radius 1 is 1.18 bits per heavy atom. The Balaban J connectivity index is 1.49. The van der Waals surface area contributed by atoms with Crippen molar-refractivity contribution in [1.29, 1.82) is 0 Å². The van der Waals surface area contributed by atoms with E-state index >= 15 is 0 Å². The van der Waals surface area contributed by atoms with Crippen molar-refractivity contribution < 1.29 is 9.59 Å². The molecule has 5 nitrogen and oxygen atoms in total. The number of nitrogens with one attached hydrogen (secondary N) is 2. The van der Waals surface area contributed by atoms with Crippen molar-refractivity contribution in [3.63, 3.8) is 0 Å². The fourth-order valence-electron chi connectivity index (χ4n) is 2.03. The first-order chi connectivity index (χ1) is 8.25. The first-order valence-corrected chi connectivity index (χ1v) is 6.53. The zero-order chi connectivity index (χ0) is 12.1. The predicted octanol–water partition coefficient (Wildman–Crippen LogP) is -0.133. The molecule has 2 fully saturated rings. The third kappa shape index (κ3) is 4.34. The molecule has 2 rings (SSSR count). The second-order valence-electron chi connectivity index (χ2n) is 4.86. The van der Waals surface area contributed by atoms with Gasteiger partial charge in [0, 0.05) is 32.1 Å². The molecular formula is C12H21N3O2. The number of nitrogens with zero attached hydrogens (tertiary/aromatic N) is 1. The largest absolute Gasteiger partial charge is 0.352 e. The van der Waals surface area contributed by atoms with Gasteiger partial charge in [-0.3, -0.25) is 9.59 Å². The summed E-state index contributed by atoms with van der Waals surface area (Å²) in [5, 5.41) is 5.91. The van der Waals surface area contributed by atoms with Crippen molar-refractivity contribution in [3.05, 3.63) is 0 Å². The Kier molecular flexibility index (Phi) is 4.36. The molecule has 2 N–H and O–H groups in total. The maximum atomic E-state index is 11.7. The van der Waals surface area contributed by atoms with Gasteiger partial charge in [-0.1, -0.05) is 0 Å². The Hall–Kier alpha value is -1.10. The number of carbonyl (C=O) groups excluding carboxylic acids is 2. The molecule has 1 saturated carbocycles. The first-order valence-electron chi connectivity index (χ1n) is 6.53. The highest BCUT2D eigenvalue weighted by molar-refractivity contribution is 5.79. The van der Waals surface area contributed by atoms with Gasteiger partial charge in [0.05, 0.1) is 6.54 Å². The molecule has 1 saturated heterocycles. The summed E-state index contributed by atoms with van der Waals surface area (Å²) in [5.74, 6) is 0.249. The van der Waals surface area contributed by atoms with Crippen LogP contribution in [-0.2, 0) is 9.59 Å². The minimum absolute atomic E-state index is 0.0427. The molecule has 0 radical (unpaired) electrons. The summed E-state index contributed by atoms with van der Waals surface area (Å²) < 4.78 is 0. The van der Waals surface area contributed by atoms with Crippen LogP contribution in [0.2, 0.25) is 0 Å². The van der Waals surface area contributed by atoms with Gasteiger partial charge >= 0.3 is 0 Å². The molecule has 1 aliphatic carbocycles. The van der Waals surface area contributed by atoms with E-state index in [4.69, 9.17) is 0 Å². The SMILES string of the molecule is O=C(CNCCC(=O)N1CCCC1)NC1CC1. The van der Waals surface area contributed by atoms with E-state index in [1.54, 1.807) is 0 Å². The zero-order valence-corrected chi connectivity index (χ0v) is 10.2. The summed E-state index contributed by atoms with van der Waals surface area (Å²) in [6.45, 7) is 2.72. The fraction of sp³-hybridized carbons (Fsp3) is 0.833. The monoisotopic (exact) mass is 239 g/mol. The number of rotatable bonds is 6. The highest BCUT2D eigenvalue weighted by Crippen LogP contribution is 2.18. The van der Waals surface area contributed by atoms with Crippen LogP contribution in [-0.4, -0.2) is 48.9 Å². The van der Waals surface area contributed by atoms with Gasteiger partial charge in [0.1, 0.15) is 0 Å². The van der Waals surface area contributed by atoms with Gasteiger partial charge in [0.15, 0.2) is 0 Å². The Labute approximate surface area is 102 Å². The van der Waals surface area contributed by atoms with Crippen LogP contribution in [0, 0.1) is 0 Å². The molecule has 0 aromatic rings. The lowest BCUT2D eigenvalue weighted by molar-refractivity contribution is -0.130. The maximum Gasteiger partial charge on any atom is 0.234 e. The normalized spacial score (nSPS) is 19.4. The van der Waals surface area contributed by atoms with Crippen molar-refractivity contribution >= 4 is 11.8 Å². The lowest BCUT2D eigenvalue weighted by atomic mass is 10.3. The van der Waals surface area contributed by atoms with Gasteiger partial charge in [-0.15, -0.1) is 0 Å².